The highest BCUT2D eigenvalue weighted by Gasteiger charge is 2.30. The van der Waals surface area contributed by atoms with Gasteiger partial charge < -0.3 is 47.3 Å². The van der Waals surface area contributed by atoms with Crippen molar-refractivity contribution in [1.29, 1.82) is 0 Å². The number of nitrogens with one attached hydrogen (secondary N) is 5. The van der Waals surface area contributed by atoms with Crippen LogP contribution in [0.25, 0.3) is 0 Å². The summed E-state index contributed by atoms with van der Waals surface area (Å²) < 4.78 is 0. The van der Waals surface area contributed by atoms with E-state index in [1.165, 1.54) is 12.5 Å². The van der Waals surface area contributed by atoms with Crippen LogP contribution in [0.3, 0.4) is 0 Å². The number of aliphatic carboxylic acids is 3. The van der Waals surface area contributed by atoms with Crippen LogP contribution < -0.4 is 27.0 Å². The normalized spacial score (nSPS) is 13.7. The molecule has 0 saturated carbocycles. The molecule has 0 bridgehead atoms. The van der Waals surface area contributed by atoms with Crippen molar-refractivity contribution < 1.29 is 48.9 Å². The molecule has 1 rings (SSSR count). The average molecular weight is 560 g/mol. The molecule has 4 amide bonds. The third kappa shape index (κ3) is 11.7. The summed E-state index contributed by atoms with van der Waals surface area (Å²) in [6, 6.07) is -5.71. The van der Waals surface area contributed by atoms with Gasteiger partial charge in [0.25, 0.3) is 0 Å². The van der Waals surface area contributed by atoms with Crippen molar-refractivity contribution in [3.8, 4) is 0 Å². The Balaban J connectivity index is 2.88. The quantitative estimate of drug-likeness (QED) is 0.0823. The van der Waals surface area contributed by atoms with Crippen molar-refractivity contribution in [3.63, 3.8) is 0 Å². The molecule has 1 aromatic heterocycles. The van der Waals surface area contributed by atoms with Gasteiger partial charge in [-0.15, -0.1) is 0 Å². The summed E-state index contributed by atoms with van der Waals surface area (Å²) in [5, 5.41) is 35.6. The molecule has 0 aromatic carbocycles. The molecule has 0 spiro atoms. The van der Waals surface area contributed by atoms with Gasteiger partial charge in [0.2, 0.25) is 23.6 Å². The second kappa shape index (κ2) is 15.8. The fraction of sp³-hybridized carbons (Fsp3) is 0.500. The molecule has 0 aliphatic heterocycles. The van der Waals surface area contributed by atoms with Crippen LogP contribution in [0.5, 0.6) is 0 Å². The molecule has 210 valence electrons. The predicted molar refractivity (Wildman–Crippen MR) is 130 cm³/mol. The van der Waals surface area contributed by atoms with Crippen LogP contribution in [0.2, 0.25) is 0 Å². The van der Waals surface area contributed by atoms with Gasteiger partial charge in [0.15, 0.2) is 0 Å². The first-order valence-electron chi connectivity index (χ1n) is 11.0. The molecule has 0 aliphatic carbocycles. The molecule has 0 unspecified atom stereocenters. The highest BCUT2D eigenvalue weighted by molar-refractivity contribution is 7.80. The first-order chi connectivity index (χ1) is 17.8. The minimum atomic E-state index is -1.73. The molecule has 0 radical (unpaired) electrons. The Morgan fingerprint density at radius 1 is 0.921 bits per heavy atom. The van der Waals surface area contributed by atoms with Crippen LogP contribution in [0.4, 0.5) is 0 Å². The molecule has 10 N–H and O–H groups in total. The summed E-state index contributed by atoms with van der Waals surface area (Å²) in [4.78, 5) is 89.5. The third-order valence-corrected chi connectivity index (χ3v) is 5.23. The summed E-state index contributed by atoms with van der Waals surface area (Å²) in [5.41, 5.74) is 6.35. The van der Waals surface area contributed by atoms with Gasteiger partial charge in [0.1, 0.15) is 18.1 Å². The number of carbonyl (C=O) groups is 7. The van der Waals surface area contributed by atoms with Gasteiger partial charge in [-0.05, 0) is 6.42 Å². The Hall–Kier alpha value is -4.19. The van der Waals surface area contributed by atoms with Crippen LogP contribution in [-0.4, -0.2) is 103 Å². The zero-order valence-electron chi connectivity index (χ0n) is 19.9. The summed E-state index contributed by atoms with van der Waals surface area (Å²) in [5.74, 6) is -8.30. The number of carboxylic acids is 3. The number of rotatable bonds is 17. The van der Waals surface area contributed by atoms with E-state index in [9.17, 15) is 33.6 Å². The first kappa shape index (κ1) is 31.8. The van der Waals surface area contributed by atoms with E-state index in [4.69, 9.17) is 21.1 Å². The lowest BCUT2D eigenvalue weighted by Crippen LogP contribution is -2.57. The number of carbonyl (C=O) groups excluding carboxylic acids is 4. The number of hydrogen-bond donors (Lipinski definition) is 10. The van der Waals surface area contributed by atoms with Crippen LogP contribution in [0, 0.1) is 0 Å². The monoisotopic (exact) mass is 559 g/mol. The maximum Gasteiger partial charge on any atom is 0.327 e. The van der Waals surface area contributed by atoms with E-state index < -0.39 is 91.5 Å². The molecule has 1 heterocycles. The molecule has 38 heavy (non-hydrogen) atoms. The van der Waals surface area contributed by atoms with E-state index in [1.54, 1.807) is 0 Å². The molecule has 1 aromatic rings. The van der Waals surface area contributed by atoms with Crippen molar-refractivity contribution in [2.24, 2.45) is 5.73 Å². The van der Waals surface area contributed by atoms with E-state index in [0.29, 0.717) is 5.69 Å². The molecule has 0 aliphatic rings. The summed E-state index contributed by atoms with van der Waals surface area (Å²) in [6.07, 6.45) is 0.921. The number of aromatic nitrogens is 2. The molecular formula is C20H29N7O10S. The van der Waals surface area contributed by atoms with Crippen molar-refractivity contribution in [2.45, 2.75) is 49.9 Å². The van der Waals surface area contributed by atoms with Crippen molar-refractivity contribution in [3.05, 3.63) is 18.2 Å². The van der Waals surface area contributed by atoms with E-state index >= 15 is 0 Å². The second-order valence-electron chi connectivity index (χ2n) is 7.90. The number of imidazole rings is 1. The summed E-state index contributed by atoms with van der Waals surface area (Å²) in [7, 11) is 0. The largest absolute Gasteiger partial charge is 0.481 e. The smallest absolute Gasteiger partial charge is 0.327 e. The van der Waals surface area contributed by atoms with E-state index in [1.807, 2.05) is 0 Å². The van der Waals surface area contributed by atoms with Crippen LogP contribution in [0.15, 0.2) is 12.5 Å². The third-order valence-electron chi connectivity index (χ3n) is 4.86. The molecule has 4 atom stereocenters. The fourth-order valence-corrected chi connectivity index (χ4v) is 3.17. The van der Waals surface area contributed by atoms with E-state index in [-0.39, 0.29) is 12.2 Å². The predicted octanol–water partition coefficient (Wildman–Crippen LogP) is -3.80. The SMILES string of the molecule is N[C@@H](Cc1cnc[nH]1)C(=O)N[C@@H](CCC(=O)O)C(=O)N[C@@H](CC(=O)O)C(=O)NCC(=O)N[C@@H](CS)C(=O)O. The Bertz CT molecular complexity index is 1020. The Labute approximate surface area is 220 Å². The lowest BCUT2D eigenvalue weighted by atomic mass is 10.1. The maximum atomic E-state index is 12.8. The maximum absolute atomic E-state index is 12.8. The van der Waals surface area contributed by atoms with Crippen molar-refractivity contribution >= 4 is 54.2 Å². The highest BCUT2D eigenvalue weighted by atomic mass is 32.1. The summed E-state index contributed by atoms with van der Waals surface area (Å²) >= 11 is 3.78. The van der Waals surface area contributed by atoms with Gasteiger partial charge >= 0.3 is 17.9 Å². The zero-order chi connectivity index (χ0) is 28.8. The lowest BCUT2D eigenvalue weighted by Gasteiger charge is -2.23. The fourth-order valence-electron chi connectivity index (χ4n) is 2.92. The van der Waals surface area contributed by atoms with Gasteiger partial charge in [-0.1, -0.05) is 0 Å². The van der Waals surface area contributed by atoms with Crippen molar-refractivity contribution in [1.82, 2.24) is 31.2 Å². The molecular weight excluding hydrogens is 530 g/mol. The number of amides is 4. The molecule has 17 nitrogen and oxygen atoms in total. The van der Waals surface area contributed by atoms with Crippen LogP contribution in [-0.2, 0) is 40.0 Å². The average Bonchev–Trinajstić information content (AvgIpc) is 3.35. The topological polar surface area (TPSA) is 283 Å². The molecule has 0 saturated heterocycles. The number of H-pyrrole nitrogens is 1. The number of aromatic amines is 1. The summed E-state index contributed by atoms with van der Waals surface area (Å²) in [6.45, 7) is -0.746. The first-order valence-corrected chi connectivity index (χ1v) is 11.6. The van der Waals surface area contributed by atoms with Gasteiger partial charge in [-0.3, -0.25) is 28.8 Å². The van der Waals surface area contributed by atoms with Gasteiger partial charge in [-0.25, -0.2) is 9.78 Å². The Kier molecular flexibility index (Phi) is 13.3. The highest BCUT2D eigenvalue weighted by Crippen LogP contribution is 2.04. The minimum absolute atomic E-state index is 0.0150. The second-order valence-corrected chi connectivity index (χ2v) is 8.26. The Morgan fingerprint density at radius 2 is 1.58 bits per heavy atom. The van der Waals surface area contributed by atoms with Gasteiger partial charge in [0.05, 0.1) is 25.3 Å². The van der Waals surface area contributed by atoms with Gasteiger partial charge in [-0.2, -0.15) is 12.6 Å². The van der Waals surface area contributed by atoms with E-state index in [2.05, 4.69) is 43.9 Å². The van der Waals surface area contributed by atoms with E-state index in [0.717, 1.165) is 0 Å². The molecule has 0 fully saturated rings. The number of nitrogens with two attached hydrogens (primary N) is 1. The molecule has 18 heteroatoms. The standard InChI is InChI=1S/C20H29N7O10S/c21-10(3-9-5-22-8-24-9)17(33)26-11(1-2-15(29)30)19(35)27-12(4-16(31)32)18(34)23-6-14(28)25-13(7-38)20(36)37/h5,8,10-13,38H,1-4,6-7,21H2,(H,22,24)(H,23,34)(H,25,28)(H,26,33)(H,27,35)(H,29,30)(H,31,32)(H,36,37)/t10-,11-,12-,13-/m0/s1. The number of hydrogen-bond acceptors (Lipinski definition) is 10. The number of nitrogens with zero attached hydrogens (tertiary/aromatic N) is 1. The number of thiol groups is 1. The van der Waals surface area contributed by atoms with Crippen LogP contribution in [0.1, 0.15) is 25.0 Å². The zero-order valence-corrected chi connectivity index (χ0v) is 20.8. The van der Waals surface area contributed by atoms with Crippen molar-refractivity contribution in [2.75, 3.05) is 12.3 Å². The number of carboxylic acid groups (broad SMARTS) is 3. The van der Waals surface area contributed by atoms with Crippen LogP contribution >= 0.6 is 12.6 Å². The van der Waals surface area contributed by atoms with Gasteiger partial charge in [0, 0.05) is 30.5 Å². The Morgan fingerprint density at radius 3 is 2.11 bits per heavy atom. The minimum Gasteiger partial charge on any atom is -0.481 e. The lowest BCUT2D eigenvalue weighted by molar-refractivity contribution is -0.142.